The molecule has 7 atom stereocenters. The van der Waals surface area contributed by atoms with Gasteiger partial charge in [0.15, 0.2) is 22.8 Å². The SMILES string of the molecule is CCCCCCCCC(=O)SCCNC(=O)CCNC(=O)[C@H](O)C(C)(C)COP(=O)([O-])OP(=O)([O-])OC[C@H]1O[C@@H](n2cnc3c(N)ncnc32)[C@H](O)[C@@H]1OP(=O)([O-])[O-]. The smallest absolute Gasteiger partial charge is 0.274 e. The molecule has 1 saturated heterocycles. The first kappa shape index (κ1) is 49.9. The fourth-order valence-corrected chi connectivity index (χ4v) is 8.85. The molecule has 0 aromatic carbocycles. The molecule has 1 fully saturated rings. The number of phosphoric ester groups is 3. The van der Waals surface area contributed by atoms with E-state index in [9.17, 15) is 57.9 Å². The Bertz CT molecular complexity index is 1840. The van der Waals surface area contributed by atoms with Gasteiger partial charge < -0.3 is 69.0 Å². The van der Waals surface area contributed by atoms with E-state index in [4.69, 9.17) is 10.5 Å². The zero-order chi connectivity index (χ0) is 43.3. The van der Waals surface area contributed by atoms with Crippen LogP contribution in [0.3, 0.4) is 0 Å². The van der Waals surface area contributed by atoms with Gasteiger partial charge in [0.2, 0.25) is 11.8 Å². The van der Waals surface area contributed by atoms with Crippen molar-refractivity contribution in [2.75, 3.05) is 37.8 Å². The lowest BCUT2D eigenvalue weighted by Gasteiger charge is -2.36. The van der Waals surface area contributed by atoms with Crippen molar-refractivity contribution in [2.24, 2.45) is 5.41 Å². The fraction of sp³-hybridized carbons (Fsp3) is 0.733. The summed E-state index contributed by atoms with van der Waals surface area (Å²) < 4.78 is 60.6. The predicted molar refractivity (Wildman–Crippen MR) is 196 cm³/mol. The van der Waals surface area contributed by atoms with Crippen molar-refractivity contribution in [1.82, 2.24) is 30.2 Å². The van der Waals surface area contributed by atoms with E-state index < -0.39 is 84.6 Å². The normalized spacial score (nSPS) is 21.3. The molecule has 58 heavy (non-hydrogen) atoms. The predicted octanol–water partition coefficient (Wildman–Crippen LogP) is -1.11. The fourth-order valence-electron chi connectivity index (χ4n) is 5.39. The molecule has 28 heteroatoms. The average molecular weight is 904 g/mol. The third-order valence-corrected chi connectivity index (χ3v) is 12.4. The number of aliphatic hydroxyl groups is 2. The molecule has 3 heterocycles. The van der Waals surface area contributed by atoms with Crippen LogP contribution in [0.1, 0.15) is 78.4 Å². The van der Waals surface area contributed by atoms with Crippen molar-refractivity contribution in [3.63, 3.8) is 0 Å². The molecule has 0 aliphatic carbocycles. The topological polar surface area (TPSA) is 375 Å². The van der Waals surface area contributed by atoms with Crippen LogP contribution >= 0.6 is 35.2 Å². The van der Waals surface area contributed by atoms with E-state index in [1.165, 1.54) is 20.3 Å². The maximum atomic E-state index is 12.5. The van der Waals surface area contributed by atoms with Gasteiger partial charge in [-0.25, -0.2) is 19.3 Å². The Hall–Kier alpha value is -2.44. The summed E-state index contributed by atoms with van der Waals surface area (Å²) in [4.78, 5) is 96.2. The quantitative estimate of drug-likeness (QED) is 0.0552. The third kappa shape index (κ3) is 16.2. The molecule has 2 aromatic heterocycles. The first-order valence-corrected chi connectivity index (χ1v) is 23.4. The lowest BCUT2D eigenvalue weighted by atomic mass is 9.87. The van der Waals surface area contributed by atoms with E-state index in [-0.39, 0.29) is 41.6 Å². The molecule has 330 valence electrons. The van der Waals surface area contributed by atoms with E-state index in [1.54, 1.807) is 0 Å². The van der Waals surface area contributed by atoms with Gasteiger partial charge in [0, 0.05) is 37.1 Å². The number of carbonyl (C=O) groups excluding carboxylic acids is 3. The van der Waals surface area contributed by atoms with E-state index in [1.807, 2.05) is 0 Å². The van der Waals surface area contributed by atoms with Crippen LogP contribution in [0.25, 0.3) is 11.2 Å². The van der Waals surface area contributed by atoms with Gasteiger partial charge in [0.1, 0.15) is 36.3 Å². The second kappa shape index (κ2) is 22.4. The summed E-state index contributed by atoms with van der Waals surface area (Å²) in [6.07, 6.45) is -0.673. The highest BCUT2D eigenvalue weighted by molar-refractivity contribution is 8.13. The summed E-state index contributed by atoms with van der Waals surface area (Å²) in [5.74, 6) is -1.14. The molecular formula is C30H48N7O17P3S-4. The maximum absolute atomic E-state index is 12.5. The number of anilines is 1. The lowest BCUT2D eigenvalue weighted by Crippen LogP contribution is -2.46. The highest BCUT2D eigenvalue weighted by Crippen LogP contribution is 2.56. The van der Waals surface area contributed by atoms with E-state index in [0.717, 1.165) is 61.1 Å². The maximum Gasteiger partial charge on any atom is 0.274 e. The van der Waals surface area contributed by atoms with E-state index in [0.29, 0.717) is 12.2 Å². The molecule has 24 nitrogen and oxygen atoms in total. The monoisotopic (exact) mass is 903 g/mol. The molecule has 2 amide bonds. The number of nitrogens with two attached hydrogens (primary N) is 1. The molecule has 0 radical (unpaired) electrons. The molecule has 0 saturated carbocycles. The van der Waals surface area contributed by atoms with Crippen LogP contribution in [-0.2, 0) is 50.7 Å². The highest BCUT2D eigenvalue weighted by Gasteiger charge is 2.47. The van der Waals surface area contributed by atoms with Crippen LogP contribution in [0.2, 0.25) is 0 Å². The van der Waals surface area contributed by atoms with Gasteiger partial charge >= 0.3 is 0 Å². The number of rotatable bonds is 26. The number of nitrogen functional groups attached to an aromatic ring is 1. The number of amides is 2. The minimum Gasteiger partial charge on any atom is -0.790 e. The molecule has 2 aromatic rings. The number of ether oxygens (including phenoxy) is 1. The molecule has 2 unspecified atom stereocenters. The zero-order valence-corrected chi connectivity index (χ0v) is 35.4. The van der Waals surface area contributed by atoms with Gasteiger partial charge in [0.05, 0.1) is 27.4 Å². The van der Waals surface area contributed by atoms with Crippen LogP contribution in [0.4, 0.5) is 5.82 Å². The summed E-state index contributed by atoms with van der Waals surface area (Å²) >= 11 is 1.13. The number of hydrogen-bond donors (Lipinski definition) is 5. The number of nitrogens with zero attached hydrogens (tertiary/aromatic N) is 4. The molecule has 1 aliphatic rings. The van der Waals surface area contributed by atoms with Gasteiger partial charge in [-0.2, -0.15) is 0 Å². The standard InChI is InChI=1S/C30H52N7O17P3S/c1-4-5-6-7-8-9-10-21(39)58-14-13-32-20(38)11-12-33-28(42)25(41)30(2,3)16-51-57(48,49)54-56(46,47)50-15-19-24(53-55(43,44)45)23(40)29(52-19)37-18-36-22-26(31)34-17-35-27(22)37/h17-19,23-25,29,40-41H,4-16H2,1-3H3,(H,32,38)(H,33,42)(H,46,47)(H,48,49)(H2,31,34,35)(H2,43,44,45)/p-4/t19-,23-,24-,25+,29-/m1/s1. The second-order valence-electron chi connectivity index (χ2n) is 13.7. The molecule has 0 bridgehead atoms. The third-order valence-electron chi connectivity index (χ3n) is 8.47. The second-order valence-corrected chi connectivity index (χ2v) is 18.9. The first-order valence-electron chi connectivity index (χ1n) is 18.0. The Labute approximate surface area is 337 Å². The first-order chi connectivity index (χ1) is 27.1. The lowest BCUT2D eigenvalue weighted by molar-refractivity contribution is -0.347. The largest absolute Gasteiger partial charge is 0.790 e. The van der Waals surface area contributed by atoms with Gasteiger partial charge in [-0.1, -0.05) is 64.6 Å². The number of thioether (sulfide) groups is 1. The summed E-state index contributed by atoms with van der Waals surface area (Å²) in [6.45, 7) is 2.30. The Balaban J connectivity index is 1.43. The van der Waals surface area contributed by atoms with E-state index in [2.05, 4.69) is 50.4 Å². The van der Waals surface area contributed by atoms with E-state index >= 15 is 0 Å². The van der Waals surface area contributed by atoms with Crippen molar-refractivity contribution < 1.29 is 80.5 Å². The summed E-state index contributed by atoms with van der Waals surface area (Å²) in [5.41, 5.74) is 4.08. The van der Waals surface area contributed by atoms with Crippen LogP contribution in [0.15, 0.2) is 12.7 Å². The molecule has 0 spiro atoms. The van der Waals surface area contributed by atoms with Crippen LogP contribution in [0, 0.1) is 5.41 Å². The minimum absolute atomic E-state index is 0.0192. The van der Waals surface area contributed by atoms with Crippen LogP contribution in [-0.4, -0.2) is 103 Å². The Morgan fingerprint density at radius 1 is 1.00 bits per heavy atom. The Kier molecular flexibility index (Phi) is 19.3. The molecule has 3 rings (SSSR count). The zero-order valence-electron chi connectivity index (χ0n) is 31.9. The van der Waals surface area contributed by atoms with Gasteiger partial charge in [-0.3, -0.25) is 28.1 Å². The number of imidazole rings is 1. The number of aliphatic hydroxyl groups excluding tert-OH is 2. The molecular weight excluding hydrogens is 855 g/mol. The van der Waals surface area contributed by atoms with Crippen molar-refractivity contribution in [1.29, 1.82) is 0 Å². The minimum atomic E-state index is -5.91. The van der Waals surface area contributed by atoms with Gasteiger partial charge in [0.25, 0.3) is 15.6 Å². The van der Waals surface area contributed by atoms with Gasteiger partial charge in [-0.05, 0) is 6.42 Å². The number of aromatic nitrogens is 4. The summed E-state index contributed by atoms with van der Waals surface area (Å²) in [7, 11) is -17.6. The number of phosphoric acid groups is 3. The number of carbonyl (C=O) groups is 3. The van der Waals surface area contributed by atoms with Crippen molar-refractivity contribution in [2.45, 2.75) is 103 Å². The Morgan fingerprint density at radius 3 is 2.36 bits per heavy atom. The Morgan fingerprint density at radius 2 is 1.67 bits per heavy atom. The highest BCUT2D eigenvalue weighted by atomic mass is 32.2. The number of hydrogen-bond acceptors (Lipinski definition) is 22. The van der Waals surface area contributed by atoms with Crippen LogP contribution < -0.4 is 35.9 Å². The van der Waals surface area contributed by atoms with Gasteiger partial charge in [-0.15, -0.1) is 0 Å². The van der Waals surface area contributed by atoms with Crippen molar-refractivity contribution in [3.8, 4) is 0 Å². The van der Waals surface area contributed by atoms with Crippen molar-refractivity contribution in [3.05, 3.63) is 12.7 Å². The molecule has 1 aliphatic heterocycles. The average Bonchev–Trinajstić information content (AvgIpc) is 3.69. The number of nitrogens with one attached hydrogen (secondary N) is 2. The van der Waals surface area contributed by atoms with Crippen LogP contribution in [0.5, 0.6) is 0 Å². The summed E-state index contributed by atoms with van der Waals surface area (Å²) in [5, 5.41) is 26.3. The number of unbranched alkanes of at least 4 members (excludes halogenated alkanes) is 5. The molecule has 6 N–H and O–H groups in total. The van der Waals surface area contributed by atoms with Crippen molar-refractivity contribution >= 4 is 69.1 Å². The summed E-state index contributed by atoms with van der Waals surface area (Å²) in [6, 6.07) is 0. The number of fused-ring (bicyclic) bond motifs is 1.